The summed E-state index contributed by atoms with van der Waals surface area (Å²) in [6.45, 7) is 0.783. The second-order valence-corrected chi connectivity index (χ2v) is 6.14. The summed E-state index contributed by atoms with van der Waals surface area (Å²) < 4.78 is 23.4. The van der Waals surface area contributed by atoms with Gasteiger partial charge < -0.3 is 20.1 Å². The lowest BCUT2D eigenvalue weighted by Crippen LogP contribution is -2.24. The molecule has 7 nitrogen and oxygen atoms in total. The number of aromatic nitrogens is 2. The molecule has 1 aromatic heterocycles. The number of nitrogens with zero attached hydrogens (tertiary/aromatic N) is 2. The molecule has 0 aliphatic carbocycles. The van der Waals surface area contributed by atoms with Gasteiger partial charge in [-0.2, -0.15) is 0 Å². The van der Waals surface area contributed by atoms with Crippen LogP contribution in [-0.2, 0) is 13.1 Å². The van der Waals surface area contributed by atoms with Crippen molar-refractivity contribution in [2.75, 3.05) is 19.5 Å². The van der Waals surface area contributed by atoms with Crippen molar-refractivity contribution >= 4 is 11.7 Å². The Labute approximate surface area is 167 Å². The summed E-state index contributed by atoms with van der Waals surface area (Å²) in [6.07, 6.45) is 2.89. The minimum absolute atomic E-state index is 0.198. The first-order valence-corrected chi connectivity index (χ1v) is 8.88. The van der Waals surface area contributed by atoms with Crippen LogP contribution in [0.4, 0.5) is 10.2 Å². The number of carbonyl (C=O) groups is 1. The summed E-state index contributed by atoms with van der Waals surface area (Å²) in [4.78, 5) is 20.5. The maximum atomic E-state index is 12.9. The zero-order valence-electron chi connectivity index (χ0n) is 16.1. The van der Waals surface area contributed by atoms with Crippen LogP contribution >= 0.6 is 0 Å². The Morgan fingerprint density at radius 3 is 2.31 bits per heavy atom. The zero-order valence-corrected chi connectivity index (χ0v) is 16.1. The van der Waals surface area contributed by atoms with Gasteiger partial charge in [0, 0.05) is 13.1 Å². The fraction of sp³-hybridized carbons (Fsp3) is 0.190. The van der Waals surface area contributed by atoms with Crippen molar-refractivity contribution in [2.45, 2.75) is 13.1 Å². The smallest absolute Gasteiger partial charge is 0.271 e. The lowest BCUT2D eigenvalue weighted by molar-refractivity contribution is 0.0945. The van der Waals surface area contributed by atoms with Crippen LogP contribution < -0.4 is 20.1 Å². The molecule has 2 N–H and O–H groups in total. The van der Waals surface area contributed by atoms with Crippen LogP contribution in [0.25, 0.3) is 0 Å². The molecule has 0 saturated carbocycles. The van der Waals surface area contributed by atoms with E-state index >= 15 is 0 Å². The maximum absolute atomic E-state index is 12.9. The predicted molar refractivity (Wildman–Crippen MR) is 106 cm³/mol. The number of hydrogen-bond acceptors (Lipinski definition) is 6. The molecule has 8 heteroatoms. The molecule has 2 aromatic carbocycles. The van der Waals surface area contributed by atoms with Crippen molar-refractivity contribution in [1.82, 2.24) is 15.3 Å². The first kappa shape index (κ1) is 20.1. The Morgan fingerprint density at radius 1 is 0.931 bits per heavy atom. The van der Waals surface area contributed by atoms with Crippen molar-refractivity contribution in [3.8, 4) is 11.5 Å². The third-order valence-electron chi connectivity index (χ3n) is 4.17. The summed E-state index contributed by atoms with van der Waals surface area (Å²) in [5.74, 6) is 1.17. The van der Waals surface area contributed by atoms with E-state index in [-0.39, 0.29) is 24.0 Å². The van der Waals surface area contributed by atoms with Gasteiger partial charge in [0.15, 0.2) is 11.5 Å². The molecule has 1 amide bonds. The highest BCUT2D eigenvalue weighted by Crippen LogP contribution is 2.27. The Hall–Kier alpha value is -3.68. The van der Waals surface area contributed by atoms with Gasteiger partial charge in [-0.1, -0.05) is 18.2 Å². The second kappa shape index (κ2) is 9.50. The molecule has 0 unspecified atom stereocenters. The average Bonchev–Trinajstić information content (AvgIpc) is 2.77. The van der Waals surface area contributed by atoms with Gasteiger partial charge in [0.05, 0.1) is 26.6 Å². The molecule has 29 heavy (non-hydrogen) atoms. The van der Waals surface area contributed by atoms with Gasteiger partial charge in [0.1, 0.15) is 17.3 Å². The van der Waals surface area contributed by atoms with E-state index in [4.69, 9.17) is 9.47 Å². The van der Waals surface area contributed by atoms with Gasteiger partial charge in [-0.25, -0.2) is 14.4 Å². The molecule has 1 heterocycles. The molecular weight excluding hydrogens is 375 g/mol. The highest BCUT2D eigenvalue weighted by atomic mass is 19.1. The molecule has 0 fully saturated rings. The first-order chi connectivity index (χ1) is 14.1. The van der Waals surface area contributed by atoms with Crippen LogP contribution in [0.2, 0.25) is 0 Å². The molecule has 0 aliphatic heterocycles. The van der Waals surface area contributed by atoms with Gasteiger partial charge >= 0.3 is 0 Å². The third-order valence-corrected chi connectivity index (χ3v) is 4.17. The van der Waals surface area contributed by atoms with Crippen LogP contribution in [0.15, 0.2) is 54.9 Å². The van der Waals surface area contributed by atoms with E-state index in [2.05, 4.69) is 20.6 Å². The number of benzene rings is 2. The number of methoxy groups -OCH3 is 2. The van der Waals surface area contributed by atoms with Crippen molar-refractivity contribution in [1.29, 1.82) is 0 Å². The molecule has 0 spiro atoms. The molecule has 3 rings (SSSR count). The lowest BCUT2D eigenvalue weighted by Gasteiger charge is -2.10. The number of carbonyl (C=O) groups excluding carboxylic acids is 1. The van der Waals surface area contributed by atoms with E-state index in [0.29, 0.717) is 23.9 Å². The van der Waals surface area contributed by atoms with Crippen LogP contribution in [-0.4, -0.2) is 30.1 Å². The number of halogens is 1. The molecule has 3 aromatic rings. The molecule has 0 saturated heterocycles. The van der Waals surface area contributed by atoms with Crippen LogP contribution in [0.5, 0.6) is 11.5 Å². The quantitative estimate of drug-likeness (QED) is 0.608. The van der Waals surface area contributed by atoms with Gasteiger partial charge in [-0.05, 0) is 35.4 Å². The van der Waals surface area contributed by atoms with Gasteiger partial charge in [0.25, 0.3) is 5.91 Å². The largest absolute Gasteiger partial charge is 0.493 e. The summed E-state index contributed by atoms with van der Waals surface area (Å²) in [6, 6.07) is 11.5. The number of nitrogens with one attached hydrogen (secondary N) is 2. The summed E-state index contributed by atoms with van der Waals surface area (Å²) in [7, 11) is 3.17. The van der Waals surface area contributed by atoms with E-state index in [1.165, 1.54) is 24.5 Å². The number of ether oxygens (including phenoxy) is 2. The topological polar surface area (TPSA) is 85.4 Å². The maximum Gasteiger partial charge on any atom is 0.271 e. The zero-order chi connectivity index (χ0) is 20.6. The van der Waals surface area contributed by atoms with Gasteiger partial charge in [-0.3, -0.25) is 4.79 Å². The Balaban J connectivity index is 1.54. The minimum Gasteiger partial charge on any atom is -0.493 e. The summed E-state index contributed by atoms with van der Waals surface area (Å²) in [5.41, 5.74) is 1.97. The Kier molecular flexibility index (Phi) is 6.57. The van der Waals surface area contributed by atoms with Gasteiger partial charge in [-0.15, -0.1) is 0 Å². The highest BCUT2D eigenvalue weighted by Gasteiger charge is 2.09. The summed E-state index contributed by atoms with van der Waals surface area (Å²) in [5, 5.41) is 5.87. The lowest BCUT2D eigenvalue weighted by atomic mass is 10.2. The Morgan fingerprint density at radius 2 is 1.66 bits per heavy atom. The molecule has 0 radical (unpaired) electrons. The van der Waals surface area contributed by atoms with Crippen LogP contribution in [0.1, 0.15) is 21.6 Å². The van der Waals surface area contributed by atoms with Crippen molar-refractivity contribution < 1.29 is 18.7 Å². The van der Waals surface area contributed by atoms with Crippen molar-refractivity contribution in [3.63, 3.8) is 0 Å². The van der Waals surface area contributed by atoms with E-state index in [0.717, 1.165) is 11.1 Å². The van der Waals surface area contributed by atoms with Crippen LogP contribution in [0, 0.1) is 5.82 Å². The second-order valence-electron chi connectivity index (χ2n) is 6.14. The fourth-order valence-electron chi connectivity index (χ4n) is 2.59. The highest BCUT2D eigenvalue weighted by molar-refractivity contribution is 5.91. The number of rotatable bonds is 8. The number of amides is 1. The van der Waals surface area contributed by atoms with E-state index in [1.807, 2.05) is 18.2 Å². The van der Waals surface area contributed by atoms with Gasteiger partial charge in [0.2, 0.25) is 0 Å². The number of anilines is 1. The first-order valence-electron chi connectivity index (χ1n) is 8.88. The average molecular weight is 396 g/mol. The van der Waals surface area contributed by atoms with E-state index in [1.54, 1.807) is 26.4 Å². The molecule has 0 atom stereocenters. The number of hydrogen-bond donors (Lipinski definition) is 2. The van der Waals surface area contributed by atoms with E-state index < -0.39 is 0 Å². The molecule has 0 bridgehead atoms. The molecular formula is C21H21FN4O3. The minimum atomic E-state index is -0.353. The monoisotopic (exact) mass is 396 g/mol. The SMILES string of the molecule is COc1ccc(CNc2cnc(C(=O)NCc3ccc(F)cc3)cn2)cc1OC. The third kappa shape index (κ3) is 5.41. The van der Waals surface area contributed by atoms with E-state index in [9.17, 15) is 9.18 Å². The van der Waals surface area contributed by atoms with Crippen molar-refractivity contribution in [3.05, 3.63) is 77.5 Å². The van der Waals surface area contributed by atoms with Crippen LogP contribution in [0.3, 0.4) is 0 Å². The standard InChI is InChI=1S/C21H21FN4O3/c1-28-18-8-5-15(9-19(18)29-2)11-24-20-13-23-17(12-25-20)21(27)26-10-14-3-6-16(22)7-4-14/h3-9,12-13H,10-11H2,1-2H3,(H,24,25)(H,26,27). The summed E-state index contributed by atoms with van der Waals surface area (Å²) >= 11 is 0. The molecule has 0 aliphatic rings. The molecule has 150 valence electrons. The Bertz CT molecular complexity index is 963. The normalized spacial score (nSPS) is 10.3. The predicted octanol–water partition coefficient (Wildman–Crippen LogP) is 3.18. The van der Waals surface area contributed by atoms with Crippen molar-refractivity contribution in [2.24, 2.45) is 0 Å². The fourth-order valence-corrected chi connectivity index (χ4v) is 2.59.